The summed E-state index contributed by atoms with van der Waals surface area (Å²) in [6.45, 7) is 7.87. The van der Waals surface area contributed by atoms with Crippen molar-refractivity contribution in [2.24, 2.45) is 0 Å². The van der Waals surface area contributed by atoms with Crippen LogP contribution in [0.2, 0.25) is 0 Å². The fourth-order valence-corrected chi connectivity index (χ4v) is 13.4. The van der Waals surface area contributed by atoms with E-state index in [1.54, 1.807) is 72.3 Å². The second-order valence-electron chi connectivity index (χ2n) is 19.0. The van der Waals surface area contributed by atoms with Gasteiger partial charge in [0.2, 0.25) is 5.69 Å². The molecule has 1 saturated heterocycles. The van der Waals surface area contributed by atoms with Crippen LogP contribution < -0.4 is 4.90 Å². The standard InChI is InChI=1S/C48H54N4O17S5/c1-47(2)40(15-7-6-8-16-41-48(3,4)46-35-29-31(73(63,64)65)30-39(74(66,67)68)33(35)19-21-37(46)51(41)26-12-28-72(60,61)62)50(25-11-27-71(57,58)59)36-20-18-32-34(45(36)47)13-9-14-38(32)70(56)49(5)24-10-17-44(55)69-52-42(53)22-23-43(52)54/h6-9,13-16,18-21,29-30H,10-12,17,22-28H2,1-5H3,(H3-,57,58,59,60,61,62,63,64,65,66,67,68)/p+1. The highest BCUT2D eigenvalue weighted by Crippen LogP contribution is 2.52. The lowest BCUT2D eigenvalue weighted by atomic mass is 9.79. The van der Waals surface area contributed by atoms with Crippen molar-refractivity contribution in [2.75, 3.05) is 43.1 Å². The number of fused-ring (bicyclic) bond motifs is 6. The van der Waals surface area contributed by atoms with E-state index in [4.69, 9.17) is 4.84 Å². The number of rotatable bonds is 20. The number of hydroxylamine groups is 2. The molecule has 4 N–H and O–H groups in total. The zero-order chi connectivity index (χ0) is 54.5. The third-order valence-corrected chi connectivity index (χ3v) is 18.0. The summed E-state index contributed by atoms with van der Waals surface area (Å²) in [6.07, 6.45) is 8.67. The Morgan fingerprint density at radius 1 is 0.770 bits per heavy atom. The maximum atomic E-state index is 14.1. The van der Waals surface area contributed by atoms with Gasteiger partial charge in [0, 0.05) is 91.1 Å². The molecule has 1 atom stereocenters. The molecule has 21 nitrogen and oxygen atoms in total. The van der Waals surface area contributed by atoms with Gasteiger partial charge in [0.25, 0.3) is 52.3 Å². The van der Waals surface area contributed by atoms with E-state index in [9.17, 15) is 70.8 Å². The monoisotopic (exact) mass is 1120 g/mol. The van der Waals surface area contributed by atoms with Gasteiger partial charge in [0.1, 0.15) is 11.4 Å². The van der Waals surface area contributed by atoms with E-state index in [1.807, 2.05) is 43.0 Å². The summed E-state index contributed by atoms with van der Waals surface area (Å²) in [5.41, 5.74) is 1.83. The lowest BCUT2D eigenvalue weighted by Gasteiger charge is -2.27. The first kappa shape index (κ1) is 56.3. The number of allylic oxidation sites excluding steroid dienone is 6. The first-order chi connectivity index (χ1) is 34.3. The van der Waals surface area contributed by atoms with Crippen molar-refractivity contribution < 1.29 is 80.2 Å². The summed E-state index contributed by atoms with van der Waals surface area (Å²) >= 11 is -1.73. The minimum atomic E-state index is -5.02. The van der Waals surface area contributed by atoms with E-state index in [2.05, 4.69) is 0 Å². The smallest absolute Gasteiger partial charge is 0.333 e. The Balaban J connectivity index is 1.21. The molecule has 2 amide bonds. The molecule has 1 fully saturated rings. The molecule has 0 aliphatic carbocycles. The summed E-state index contributed by atoms with van der Waals surface area (Å²) < 4.78 is 154. The Hall–Kier alpha value is -5.39. The summed E-state index contributed by atoms with van der Waals surface area (Å²) in [6, 6.07) is 13.7. The minimum Gasteiger partial charge on any atom is -0.593 e. The molecule has 4 aromatic carbocycles. The van der Waals surface area contributed by atoms with Gasteiger partial charge in [-0.15, -0.1) is 9.37 Å². The van der Waals surface area contributed by atoms with Crippen LogP contribution in [0.15, 0.2) is 105 Å². The molecule has 1 unspecified atom stereocenters. The molecular weight excluding hydrogens is 1060 g/mol. The number of benzene rings is 4. The van der Waals surface area contributed by atoms with Crippen LogP contribution in [0.4, 0.5) is 11.4 Å². The van der Waals surface area contributed by atoms with Gasteiger partial charge >= 0.3 is 5.97 Å². The normalized spacial score (nSPS) is 18.1. The number of carbonyl (C=O) groups excluding carboxylic acids is 3. The van der Waals surface area contributed by atoms with Gasteiger partial charge in [0.15, 0.2) is 10.6 Å². The molecule has 7 rings (SSSR count). The maximum absolute atomic E-state index is 14.1. The molecule has 0 spiro atoms. The zero-order valence-corrected chi connectivity index (χ0v) is 44.9. The van der Waals surface area contributed by atoms with Gasteiger partial charge in [0.05, 0.1) is 33.2 Å². The highest BCUT2D eigenvalue weighted by atomic mass is 32.2. The van der Waals surface area contributed by atoms with Crippen LogP contribution >= 0.6 is 0 Å². The van der Waals surface area contributed by atoms with Gasteiger partial charge in [-0.25, -0.2) is 4.79 Å². The van der Waals surface area contributed by atoms with E-state index in [0.717, 1.165) is 28.4 Å². The van der Waals surface area contributed by atoms with Gasteiger partial charge in [-0.2, -0.15) is 38.2 Å². The van der Waals surface area contributed by atoms with Gasteiger partial charge in [-0.1, -0.05) is 44.2 Å². The number of anilines is 1. The summed E-state index contributed by atoms with van der Waals surface area (Å²) in [5, 5.41) is 1.93. The zero-order valence-electron chi connectivity index (χ0n) is 40.8. The molecule has 0 bridgehead atoms. The first-order valence-electron chi connectivity index (χ1n) is 23.0. The van der Waals surface area contributed by atoms with Crippen molar-refractivity contribution in [1.82, 2.24) is 9.37 Å². The largest absolute Gasteiger partial charge is 0.593 e. The van der Waals surface area contributed by atoms with Crippen LogP contribution in [0.1, 0.15) is 77.3 Å². The number of amides is 2. The van der Waals surface area contributed by atoms with Crippen LogP contribution in [-0.2, 0) is 81.9 Å². The van der Waals surface area contributed by atoms with Gasteiger partial charge < -0.3 is 14.3 Å². The molecule has 3 aliphatic heterocycles. The molecule has 4 aromatic rings. The Morgan fingerprint density at radius 2 is 1.42 bits per heavy atom. The summed E-state index contributed by atoms with van der Waals surface area (Å²) in [4.78, 5) is 42.0. The molecule has 3 heterocycles. The fourth-order valence-electron chi connectivity index (χ4n) is 9.90. The average molecular weight is 1120 g/mol. The minimum absolute atomic E-state index is 0.0202. The van der Waals surface area contributed by atoms with E-state index in [1.165, 1.54) is 6.07 Å². The SMILES string of the molecule is CN(CCCC(=O)ON1C(=O)CCC1=O)[S+]([O-])c1cccc2c3c(ccc12)N(CCCS(=O)(=O)O)C(=CC=CC=CC1=[N+](CCCS(=O)(=O)O)c2ccc4c(S(=O)(=O)O)cc(S(=O)(=O)O)cc4c2C1(C)C)C3(C)C. The third-order valence-electron chi connectivity index (χ3n) is 13.1. The van der Waals surface area contributed by atoms with Crippen LogP contribution in [-0.4, -0.2) is 132 Å². The van der Waals surface area contributed by atoms with Crippen molar-refractivity contribution in [3.63, 3.8) is 0 Å². The second kappa shape index (κ2) is 21.0. The Kier molecular flexibility index (Phi) is 16.0. The van der Waals surface area contributed by atoms with Crippen LogP contribution in [0.3, 0.4) is 0 Å². The number of hydrogen-bond donors (Lipinski definition) is 4. The van der Waals surface area contributed by atoms with E-state index >= 15 is 0 Å². The third kappa shape index (κ3) is 11.8. The van der Waals surface area contributed by atoms with Crippen molar-refractivity contribution in [3.8, 4) is 0 Å². The topological polar surface area (TPSA) is 314 Å². The molecule has 0 aromatic heterocycles. The number of hydrogen-bond acceptors (Lipinski definition) is 15. The van der Waals surface area contributed by atoms with Crippen molar-refractivity contribution in [3.05, 3.63) is 102 Å². The molecule has 0 saturated carbocycles. The second-order valence-corrected chi connectivity index (χ2v) is 26.5. The molecule has 0 radical (unpaired) electrons. The Labute approximate surface area is 432 Å². The van der Waals surface area contributed by atoms with Gasteiger partial charge in [-0.3, -0.25) is 27.8 Å². The van der Waals surface area contributed by atoms with Crippen LogP contribution in [0, 0.1) is 0 Å². The van der Waals surface area contributed by atoms with Crippen LogP contribution in [0.25, 0.3) is 21.5 Å². The lowest BCUT2D eigenvalue weighted by molar-refractivity contribution is -0.437. The average Bonchev–Trinajstić information content (AvgIpc) is 3.81. The number of nitrogens with zero attached hydrogens (tertiary/aromatic N) is 4. The Morgan fingerprint density at radius 3 is 2.05 bits per heavy atom. The first-order valence-corrected chi connectivity index (χ1v) is 30.2. The Bertz CT molecular complexity index is 3570. The molecule has 26 heteroatoms. The van der Waals surface area contributed by atoms with E-state index < -0.39 is 102 Å². The van der Waals surface area contributed by atoms with E-state index in [-0.39, 0.29) is 68.9 Å². The maximum Gasteiger partial charge on any atom is 0.333 e. The molecule has 398 valence electrons. The van der Waals surface area contributed by atoms with Crippen molar-refractivity contribution in [2.45, 2.75) is 91.7 Å². The number of imide groups is 1. The van der Waals surface area contributed by atoms with Crippen molar-refractivity contribution in [1.29, 1.82) is 0 Å². The highest BCUT2D eigenvalue weighted by Gasteiger charge is 2.47. The molecular formula is C48H55N4O17S5+. The highest BCUT2D eigenvalue weighted by molar-refractivity contribution is 7.89. The van der Waals surface area contributed by atoms with Gasteiger partial charge in [-0.05, 0) is 85.5 Å². The van der Waals surface area contributed by atoms with Crippen molar-refractivity contribution >= 4 is 108 Å². The van der Waals surface area contributed by atoms with Crippen LogP contribution in [0.5, 0.6) is 0 Å². The fraction of sp³-hybridized carbons (Fsp3) is 0.375. The number of carbonyl (C=O) groups is 3. The quantitative estimate of drug-likeness (QED) is 0.0277. The predicted octanol–water partition coefficient (Wildman–Crippen LogP) is 5.55. The molecule has 3 aliphatic rings. The molecule has 74 heavy (non-hydrogen) atoms. The summed E-state index contributed by atoms with van der Waals surface area (Å²) in [7, 11) is -17.1. The van der Waals surface area contributed by atoms with E-state index in [0.29, 0.717) is 38.4 Å². The predicted molar refractivity (Wildman–Crippen MR) is 275 cm³/mol. The lowest BCUT2D eigenvalue weighted by Crippen LogP contribution is -2.32. The summed E-state index contributed by atoms with van der Waals surface area (Å²) in [5.74, 6) is -3.07.